The van der Waals surface area contributed by atoms with Gasteiger partial charge in [-0.1, -0.05) is 36.4 Å². The lowest BCUT2D eigenvalue weighted by Gasteiger charge is -2.29. The van der Waals surface area contributed by atoms with E-state index in [2.05, 4.69) is 17.6 Å². The maximum atomic E-state index is 12.9. The first-order valence-electron chi connectivity index (χ1n) is 11.7. The summed E-state index contributed by atoms with van der Waals surface area (Å²) < 4.78 is 0. The molecule has 2 N–H and O–H groups in total. The van der Waals surface area contributed by atoms with Crippen molar-refractivity contribution < 1.29 is 9.59 Å². The summed E-state index contributed by atoms with van der Waals surface area (Å²) in [5.41, 5.74) is 1.43. The third-order valence-corrected chi connectivity index (χ3v) is 8.34. The summed E-state index contributed by atoms with van der Waals surface area (Å²) in [6.45, 7) is 4.09. The van der Waals surface area contributed by atoms with Crippen molar-refractivity contribution in [1.82, 2.24) is 15.6 Å². The highest BCUT2D eigenvalue weighted by atomic mass is 32.2. The molecule has 1 aromatic carbocycles. The predicted molar refractivity (Wildman–Crippen MR) is 124 cm³/mol. The lowest BCUT2D eigenvalue weighted by molar-refractivity contribution is -0.121. The van der Waals surface area contributed by atoms with Crippen molar-refractivity contribution in [1.29, 1.82) is 0 Å². The van der Waals surface area contributed by atoms with E-state index in [9.17, 15) is 9.59 Å². The van der Waals surface area contributed by atoms with Gasteiger partial charge >= 0.3 is 0 Å². The molecule has 3 aliphatic rings. The molecule has 5 unspecified atom stereocenters. The maximum absolute atomic E-state index is 12.9. The monoisotopic (exact) mass is 437 g/mol. The summed E-state index contributed by atoms with van der Waals surface area (Å²) in [4.78, 5) is 30.5. The zero-order valence-electron chi connectivity index (χ0n) is 18.3. The maximum Gasteiger partial charge on any atom is 0.252 e. The third-order valence-electron chi connectivity index (χ3n) is 7.32. The number of thioether (sulfide) groups is 1. The van der Waals surface area contributed by atoms with E-state index in [4.69, 9.17) is 4.98 Å². The smallest absolute Gasteiger partial charge is 0.252 e. The second-order valence-electron chi connectivity index (χ2n) is 9.67. The molecule has 3 aliphatic carbocycles. The molecule has 164 valence electrons. The molecule has 0 aliphatic heterocycles. The molecule has 0 radical (unpaired) electrons. The molecule has 0 saturated heterocycles. The number of fused-ring (bicyclic) bond motifs is 3. The second-order valence-corrected chi connectivity index (χ2v) is 11.0. The number of nitrogens with one attached hydrogen (secondary N) is 2. The Morgan fingerprint density at radius 1 is 1.10 bits per heavy atom. The number of carbonyl (C=O) groups is 2. The highest BCUT2D eigenvalue weighted by Gasteiger charge is 2.42. The Hall–Kier alpha value is -2.08. The molecule has 2 amide bonds. The van der Waals surface area contributed by atoms with Crippen molar-refractivity contribution in [2.45, 2.75) is 74.7 Å². The van der Waals surface area contributed by atoms with Crippen molar-refractivity contribution >= 4 is 34.5 Å². The van der Waals surface area contributed by atoms with Crippen LogP contribution in [0.2, 0.25) is 0 Å². The van der Waals surface area contributed by atoms with Crippen LogP contribution in [0.1, 0.15) is 62.7 Å². The Morgan fingerprint density at radius 3 is 2.61 bits per heavy atom. The third kappa shape index (κ3) is 4.45. The van der Waals surface area contributed by atoms with Crippen molar-refractivity contribution in [3.05, 3.63) is 35.9 Å². The number of rotatable bonds is 7. The van der Waals surface area contributed by atoms with E-state index < -0.39 is 0 Å². The fraction of sp³-hybridized carbons (Fsp3) is 0.560. The van der Waals surface area contributed by atoms with E-state index in [-0.39, 0.29) is 23.1 Å². The van der Waals surface area contributed by atoms with Gasteiger partial charge in [0.15, 0.2) is 0 Å². The van der Waals surface area contributed by atoms with Gasteiger partial charge in [-0.3, -0.25) is 9.59 Å². The highest BCUT2D eigenvalue weighted by molar-refractivity contribution is 8.00. The Kier molecular flexibility index (Phi) is 5.67. The minimum absolute atomic E-state index is 0.0510. The number of pyridine rings is 1. The van der Waals surface area contributed by atoms with Gasteiger partial charge < -0.3 is 10.6 Å². The Labute approximate surface area is 188 Å². The van der Waals surface area contributed by atoms with Crippen LogP contribution in [0.4, 0.5) is 0 Å². The first-order valence-corrected chi connectivity index (χ1v) is 12.5. The van der Waals surface area contributed by atoms with Gasteiger partial charge in [0.2, 0.25) is 5.91 Å². The number of benzene rings is 1. The van der Waals surface area contributed by atoms with Gasteiger partial charge in [0.25, 0.3) is 5.91 Å². The van der Waals surface area contributed by atoms with E-state index >= 15 is 0 Å². The molecule has 5 nitrogen and oxygen atoms in total. The molecule has 3 fully saturated rings. The molecule has 5 rings (SSSR count). The minimum Gasteiger partial charge on any atom is -0.352 e. The number of nitrogens with zero attached hydrogens (tertiary/aromatic N) is 1. The van der Waals surface area contributed by atoms with Crippen LogP contribution in [0.25, 0.3) is 10.9 Å². The van der Waals surface area contributed by atoms with Crippen LogP contribution >= 0.6 is 11.8 Å². The molecule has 1 aromatic heterocycles. The largest absolute Gasteiger partial charge is 0.352 e. The molecule has 1 heterocycles. The highest BCUT2D eigenvalue weighted by Crippen LogP contribution is 2.49. The van der Waals surface area contributed by atoms with E-state index in [0.717, 1.165) is 40.6 Å². The molecule has 31 heavy (non-hydrogen) atoms. The number of amides is 2. The normalized spacial score (nSPS) is 26.6. The molecule has 6 heteroatoms. The topological polar surface area (TPSA) is 71.1 Å². The average molecular weight is 438 g/mol. The van der Waals surface area contributed by atoms with Gasteiger partial charge in [0, 0.05) is 17.5 Å². The zero-order valence-corrected chi connectivity index (χ0v) is 19.1. The number of aromatic nitrogens is 1. The first-order chi connectivity index (χ1) is 15.0. The summed E-state index contributed by atoms with van der Waals surface area (Å²) >= 11 is 1.43. The summed E-state index contributed by atoms with van der Waals surface area (Å²) in [6, 6.07) is 10.1. The van der Waals surface area contributed by atoms with Gasteiger partial charge in [-0.25, -0.2) is 4.98 Å². The van der Waals surface area contributed by atoms with Crippen molar-refractivity contribution in [2.75, 3.05) is 0 Å². The lowest BCUT2D eigenvalue weighted by Crippen LogP contribution is -2.43. The van der Waals surface area contributed by atoms with E-state index in [1.807, 2.05) is 37.3 Å². The average Bonchev–Trinajstić information content (AvgIpc) is 3.31. The van der Waals surface area contributed by atoms with Crippen LogP contribution in [-0.2, 0) is 4.79 Å². The van der Waals surface area contributed by atoms with Gasteiger partial charge in [-0.15, -0.1) is 0 Å². The zero-order chi connectivity index (χ0) is 21.5. The van der Waals surface area contributed by atoms with E-state index in [1.54, 1.807) is 0 Å². The fourth-order valence-corrected chi connectivity index (χ4v) is 6.35. The van der Waals surface area contributed by atoms with Crippen molar-refractivity contribution in [3.63, 3.8) is 0 Å². The Morgan fingerprint density at radius 2 is 1.90 bits per heavy atom. The summed E-state index contributed by atoms with van der Waals surface area (Å²) in [5, 5.41) is 7.65. The second kappa shape index (κ2) is 8.45. The number of hydrogen-bond donors (Lipinski definition) is 2. The van der Waals surface area contributed by atoms with E-state index in [0.29, 0.717) is 17.5 Å². The molecule has 3 saturated carbocycles. The Bertz CT molecular complexity index is 1010. The van der Waals surface area contributed by atoms with Crippen molar-refractivity contribution in [3.8, 4) is 0 Å². The summed E-state index contributed by atoms with van der Waals surface area (Å²) in [5.74, 6) is 2.29. The molecule has 2 bridgehead atoms. The first kappa shape index (κ1) is 20.8. The van der Waals surface area contributed by atoms with Crippen LogP contribution in [0.5, 0.6) is 0 Å². The van der Waals surface area contributed by atoms with Crippen LogP contribution in [0.3, 0.4) is 0 Å². The molecule has 0 spiro atoms. The Balaban J connectivity index is 1.28. The van der Waals surface area contributed by atoms with Gasteiger partial charge in [-0.2, -0.15) is 0 Å². The van der Waals surface area contributed by atoms with Crippen LogP contribution in [-0.4, -0.2) is 34.1 Å². The quantitative estimate of drug-likeness (QED) is 0.624. The van der Waals surface area contributed by atoms with Gasteiger partial charge in [0.05, 0.1) is 21.4 Å². The van der Waals surface area contributed by atoms with Crippen molar-refractivity contribution in [2.24, 2.45) is 17.8 Å². The summed E-state index contributed by atoms with van der Waals surface area (Å²) in [6.07, 6.45) is 7.41. The summed E-state index contributed by atoms with van der Waals surface area (Å²) in [7, 11) is 0. The molecule has 2 aromatic rings. The van der Waals surface area contributed by atoms with Crippen LogP contribution in [0, 0.1) is 17.8 Å². The SMILES string of the molecule is CC(Sc1cc(C(=O)NC2CC2)c2ccccc2n1)C(=O)NC(C)C1CC2CCC1C2. The number of carbonyl (C=O) groups excluding carboxylic acids is 2. The molecular formula is C25H31N3O2S. The molecule has 5 atom stereocenters. The standard InChI is InChI=1S/C25H31N3O2S/c1-14(20-12-16-7-8-17(20)11-16)26-24(29)15(2)31-23-13-21(25(30)27-18-9-10-18)19-5-3-4-6-22(19)28-23/h3-6,13-18,20H,7-12H2,1-2H3,(H,26,29)(H,27,30). The lowest BCUT2D eigenvalue weighted by atomic mass is 9.84. The predicted octanol–water partition coefficient (Wildman–Crippen LogP) is 4.55. The van der Waals surface area contributed by atoms with Crippen LogP contribution in [0.15, 0.2) is 35.4 Å². The van der Waals surface area contributed by atoms with Gasteiger partial charge in [0.1, 0.15) is 0 Å². The minimum atomic E-state index is -0.269. The van der Waals surface area contributed by atoms with E-state index in [1.165, 1.54) is 37.4 Å². The van der Waals surface area contributed by atoms with Crippen LogP contribution < -0.4 is 10.6 Å². The fourth-order valence-electron chi connectivity index (χ4n) is 5.48. The molecular weight excluding hydrogens is 406 g/mol. The number of para-hydroxylation sites is 1. The van der Waals surface area contributed by atoms with Gasteiger partial charge in [-0.05, 0) is 75.8 Å². The number of hydrogen-bond acceptors (Lipinski definition) is 4.